The average Bonchev–Trinajstić information content (AvgIpc) is 2.38. The molecule has 0 aromatic heterocycles. The lowest BCUT2D eigenvalue weighted by Gasteiger charge is -2.06. The maximum atomic E-state index is 10.6. The van der Waals surface area contributed by atoms with Gasteiger partial charge >= 0.3 is 0 Å². The third kappa shape index (κ3) is 5.37. The Morgan fingerprint density at radius 3 is 2.50 bits per heavy atom. The van der Waals surface area contributed by atoms with Gasteiger partial charge in [0.25, 0.3) is 0 Å². The van der Waals surface area contributed by atoms with Crippen LogP contribution in [0.5, 0.6) is 0 Å². The lowest BCUT2D eigenvalue weighted by molar-refractivity contribution is -0.117. The van der Waals surface area contributed by atoms with Crippen LogP contribution in [0.2, 0.25) is 0 Å². The summed E-state index contributed by atoms with van der Waals surface area (Å²) in [7, 11) is 0. The van der Waals surface area contributed by atoms with E-state index >= 15 is 0 Å². The molecule has 0 aliphatic heterocycles. The van der Waals surface area contributed by atoms with Crippen molar-refractivity contribution in [2.75, 3.05) is 13.1 Å². The molecule has 0 saturated heterocycles. The van der Waals surface area contributed by atoms with Crippen LogP contribution in [-0.2, 0) is 11.2 Å². The van der Waals surface area contributed by atoms with Gasteiger partial charge in [0.05, 0.1) is 6.54 Å². The minimum Gasteiger partial charge on any atom is -0.369 e. The molecule has 5 heteroatoms. The van der Waals surface area contributed by atoms with Crippen LogP contribution in [-0.4, -0.2) is 19.0 Å². The predicted molar refractivity (Wildman–Crippen MR) is 88.8 cm³/mol. The van der Waals surface area contributed by atoms with Crippen LogP contribution >= 0.6 is 24.8 Å². The highest BCUT2D eigenvalue weighted by molar-refractivity contribution is 5.86. The number of primary amides is 1. The van der Waals surface area contributed by atoms with Gasteiger partial charge in [0.15, 0.2) is 0 Å². The molecule has 0 unspecified atom stereocenters. The van der Waals surface area contributed by atoms with E-state index in [9.17, 15) is 4.79 Å². The van der Waals surface area contributed by atoms with E-state index in [1.165, 1.54) is 16.3 Å². The Kier molecular flexibility index (Phi) is 8.97. The van der Waals surface area contributed by atoms with Crippen LogP contribution in [0.4, 0.5) is 0 Å². The number of halogens is 2. The van der Waals surface area contributed by atoms with E-state index in [1.54, 1.807) is 0 Å². The number of aryl methyl sites for hydroxylation is 1. The summed E-state index contributed by atoms with van der Waals surface area (Å²) in [6, 6.07) is 14.8. The van der Waals surface area contributed by atoms with E-state index in [1.807, 2.05) is 0 Å². The van der Waals surface area contributed by atoms with Crippen LogP contribution < -0.4 is 11.1 Å². The molecule has 2 aromatic carbocycles. The minimum absolute atomic E-state index is 0. The van der Waals surface area contributed by atoms with Crippen molar-refractivity contribution in [1.29, 1.82) is 0 Å². The van der Waals surface area contributed by atoms with Crippen LogP contribution in [0.25, 0.3) is 10.8 Å². The zero-order valence-electron chi connectivity index (χ0n) is 11.2. The van der Waals surface area contributed by atoms with Crippen molar-refractivity contribution in [3.63, 3.8) is 0 Å². The van der Waals surface area contributed by atoms with Crippen molar-refractivity contribution in [2.45, 2.75) is 12.8 Å². The van der Waals surface area contributed by atoms with Gasteiger partial charge in [-0.3, -0.25) is 4.79 Å². The van der Waals surface area contributed by atoms with Crippen molar-refractivity contribution in [1.82, 2.24) is 5.32 Å². The molecule has 3 nitrogen and oxygen atoms in total. The van der Waals surface area contributed by atoms with Gasteiger partial charge in [0, 0.05) is 0 Å². The number of hydrogen-bond donors (Lipinski definition) is 2. The highest BCUT2D eigenvalue weighted by atomic mass is 35.5. The Bertz CT molecular complexity index is 541. The molecule has 2 aromatic rings. The van der Waals surface area contributed by atoms with E-state index in [-0.39, 0.29) is 37.3 Å². The van der Waals surface area contributed by atoms with Gasteiger partial charge in [0.1, 0.15) is 0 Å². The fraction of sp³-hybridized carbons (Fsp3) is 0.267. The van der Waals surface area contributed by atoms with Gasteiger partial charge in [-0.05, 0) is 35.7 Å². The van der Waals surface area contributed by atoms with E-state index < -0.39 is 0 Å². The smallest absolute Gasteiger partial charge is 0.231 e. The number of amides is 1. The second-order valence-corrected chi connectivity index (χ2v) is 4.38. The first-order chi connectivity index (χ1) is 8.77. The van der Waals surface area contributed by atoms with Crippen molar-refractivity contribution >= 4 is 41.5 Å². The Hall–Kier alpha value is -1.29. The standard InChI is InChI=1S/C15H18N2O.2ClH/c16-15(18)11-17-10-4-8-13-7-3-6-12-5-1-2-9-14(12)13;;/h1-3,5-7,9,17H,4,8,10-11H2,(H2,16,18);2*1H. The Labute approximate surface area is 131 Å². The topological polar surface area (TPSA) is 55.1 Å². The summed E-state index contributed by atoms with van der Waals surface area (Å²) in [5, 5.41) is 5.62. The van der Waals surface area contributed by atoms with Crippen molar-refractivity contribution in [2.24, 2.45) is 5.73 Å². The number of carbonyl (C=O) groups is 1. The molecule has 0 aliphatic rings. The van der Waals surface area contributed by atoms with Gasteiger partial charge in [0.2, 0.25) is 5.91 Å². The van der Waals surface area contributed by atoms with Gasteiger partial charge in [-0.25, -0.2) is 0 Å². The average molecular weight is 315 g/mol. The summed E-state index contributed by atoms with van der Waals surface area (Å²) in [6.07, 6.45) is 2.01. The van der Waals surface area contributed by atoms with Crippen LogP contribution in [0.15, 0.2) is 42.5 Å². The number of carbonyl (C=O) groups excluding carboxylic acids is 1. The molecule has 0 bridgehead atoms. The largest absolute Gasteiger partial charge is 0.369 e. The molecular formula is C15H20Cl2N2O. The monoisotopic (exact) mass is 314 g/mol. The zero-order valence-corrected chi connectivity index (χ0v) is 12.8. The molecule has 0 radical (unpaired) electrons. The Balaban J connectivity index is 0.00000180. The highest BCUT2D eigenvalue weighted by Gasteiger charge is 2.00. The Morgan fingerprint density at radius 2 is 1.75 bits per heavy atom. The lowest BCUT2D eigenvalue weighted by Crippen LogP contribution is -2.29. The van der Waals surface area contributed by atoms with Crippen molar-refractivity contribution in [3.8, 4) is 0 Å². The molecule has 0 heterocycles. The minimum atomic E-state index is -0.305. The van der Waals surface area contributed by atoms with Gasteiger partial charge < -0.3 is 11.1 Å². The second kappa shape index (κ2) is 9.59. The number of rotatable bonds is 6. The number of fused-ring (bicyclic) bond motifs is 1. The van der Waals surface area contributed by atoms with Crippen LogP contribution in [0, 0.1) is 0 Å². The summed E-state index contributed by atoms with van der Waals surface area (Å²) in [5.41, 5.74) is 6.41. The quantitative estimate of drug-likeness (QED) is 0.805. The maximum Gasteiger partial charge on any atom is 0.231 e. The first-order valence-electron chi connectivity index (χ1n) is 6.23. The predicted octanol–water partition coefficient (Wildman–Crippen LogP) is 2.69. The van der Waals surface area contributed by atoms with Crippen molar-refractivity contribution < 1.29 is 4.79 Å². The highest BCUT2D eigenvalue weighted by Crippen LogP contribution is 2.19. The second-order valence-electron chi connectivity index (χ2n) is 4.38. The van der Waals surface area contributed by atoms with E-state index in [2.05, 4.69) is 47.8 Å². The van der Waals surface area contributed by atoms with Gasteiger partial charge in [-0.2, -0.15) is 0 Å². The molecule has 0 atom stereocenters. The SMILES string of the molecule is Cl.Cl.NC(=O)CNCCCc1cccc2ccccc12. The number of hydrogen-bond acceptors (Lipinski definition) is 2. The van der Waals surface area contributed by atoms with Crippen LogP contribution in [0.3, 0.4) is 0 Å². The third-order valence-corrected chi connectivity index (χ3v) is 2.98. The van der Waals surface area contributed by atoms with Gasteiger partial charge in [-0.15, -0.1) is 24.8 Å². The lowest BCUT2D eigenvalue weighted by atomic mass is 10.0. The molecule has 0 saturated carbocycles. The molecule has 0 aliphatic carbocycles. The maximum absolute atomic E-state index is 10.6. The fourth-order valence-corrected chi connectivity index (χ4v) is 2.13. The molecule has 20 heavy (non-hydrogen) atoms. The van der Waals surface area contributed by atoms with E-state index in [0.29, 0.717) is 0 Å². The van der Waals surface area contributed by atoms with Crippen LogP contribution in [0.1, 0.15) is 12.0 Å². The first-order valence-corrected chi connectivity index (χ1v) is 6.23. The molecular weight excluding hydrogens is 295 g/mol. The summed E-state index contributed by atoms with van der Waals surface area (Å²) in [5.74, 6) is -0.305. The molecule has 0 spiro atoms. The normalized spacial score (nSPS) is 9.60. The number of nitrogens with two attached hydrogens (primary N) is 1. The van der Waals surface area contributed by atoms with E-state index in [0.717, 1.165) is 19.4 Å². The molecule has 2 rings (SSSR count). The number of nitrogens with one attached hydrogen (secondary N) is 1. The number of benzene rings is 2. The summed E-state index contributed by atoms with van der Waals surface area (Å²) in [6.45, 7) is 1.07. The van der Waals surface area contributed by atoms with E-state index in [4.69, 9.17) is 5.73 Å². The molecule has 3 N–H and O–H groups in total. The molecule has 0 fully saturated rings. The Morgan fingerprint density at radius 1 is 1.05 bits per heavy atom. The van der Waals surface area contributed by atoms with Gasteiger partial charge in [-0.1, -0.05) is 42.5 Å². The zero-order chi connectivity index (χ0) is 12.8. The van der Waals surface area contributed by atoms with Crippen molar-refractivity contribution in [3.05, 3.63) is 48.0 Å². The first kappa shape index (κ1) is 18.7. The molecule has 110 valence electrons. The summed E-state index contributed by atoms with van der Waals surface area (Å²) in [4.78, 5) is 10.6. The summed E-state index contributed by atoms with van der Waals surface area (Å²) < 4.78 is 0. The summed E-state index contributed by atoms with van der Waals surface area (Å²) >= 11 is 0. The fourth-order valence-electron chi connectivity index (χ4n) is 2.13. The third-order valence-electron chi connectivity index (χ3n) is 2.98. The molecule has 1 amide bonds.